The van der Waals surface area contributed by atoms with Gasteiger partial charge in [-0.2, -0.15) is 0 Å². The molecule has 0 spiro atoms. The maximum Gasteiger partial charge on any atom is 0.164 e. The molecule has 7 aromatic carbocycles. The third kappa shape index (κ3) is 3.75. The van der Waals surface area contributed by atoms with E-state index in [-0.39, 0.29) is 0 Å². The maximum atomic E-state index is 5.01. The second-order valence-corrected chi connectivity index (χ2v) is 12.7. The van der Waals surface area contributed by atoms with E-state index in [1.54, 1.807) is 0 Å². The minimum absolute atomic E-state index is 0.603. The van der Waals surface area contributed by atoms with Crippen molar-refractivity contribution in [3.63, 3.8) is 0 Å². The van der Waals surface area contributed by atoms with Gasteiger partial charge in [0.05, 0.1) is 11.0 Å². The number of benzene rings is 7. The highest BCUT2D eigenvalue weighted by molar-refractivity contribution is 6.38. The quantitative estimate of drug-likeness (QED) is 0.183. The minimum atomic E-state index is 0.603. The lowest BCUT2D eigenvalue weighted by molar-refractivity contribution is 1.05. The van der Waals surface area contributed by atoms with Crippen LogP contribution in [0.15, 0.2) is 152 Å². The highest BCUT2D eigenvalue weighted by Gasteiger charge is 2.24. The van der Waals surface area contributed by atoms with Gasteiger partial charge in [-0.1, -0.05) is 121 Å². The van der Waals surface area contributed by atoms with Crippen LogP contribution in [0.4, 0.5) is 0 Å². The highest BCUT2D eigenvalue weighted by atomic mass is 15.1. The second-order valence-electron chi connectivity index (χ2n) is 12.7. The summed E-state index contributed by atoms with van der Waals surface area (Å²) in [6, 6.07) is 51.2. The van der Waals surface area contributed by atoms with Gasteiger partial charge in [0, 0.05) is 39.0 Å². The van der Waals surface area contributed by atoms with Crippen molar-refractivity contribution in [2.24, 2.45) is 0 Å². The summed E-state index contributed by atoms with van der Waals surface area (Å²) in [5, 5.41) is 10.2. The Morgan fingerprint density at radius 3 is 1.57 bits per heavy atom. The van der Waals surface area contributed by atoms with Crippen LogP contribution in [0.2, 0.25) is 0 Å². The van der Waals surface area contributed by atoms with Crippen molar-refractivity contribution >= 4 is 54.1 Å². The first-order valence-electron chi connectivity index (χ1n) is 16.5. The van der Waals surface area contributed by atoms with Crippen LogP contribution in [-0.2, 0) is 0 Å². The Labute approximate surface area is 280 Å². The average molecular weight is 624 g/mol. The van der Waals surface area contributed by atoms with Crippen LogP contribution in [0, 0.1) is 0 Å². The first-order chi connectivity index (χ1) is 24.3. The highest BCUT2D eigenvalue weighted by Crippen LogP contribution is 2.49. The fourth-order valence-electron chi connectivity index (χ4n) is 7.87. The number of nitrogens with zero attached hydrogens (tertiary/aromatic N) is 5. The van der Waals surface area contributed by atoms with Gasteiger partial charge in [0.25, 0.3) is 0 Å². The second kappa shape index (κ2) is 9.89. The molecule has 49 heavy (non-hydrogen) atoms. The van der Waals surface area contributed by atoms with Gasteiger partial charge in [-0.3, -0.25) is 4.57 Å². The molecule has 0 saturated carbocycles. The SMILES string of the molecule is c1ccc(-c2nc(-c3ccccc3)nc(-c3ccnc(-n4c5cccc6c5c5c7c(ccc8ccc9cccc-6c9c87)ccc54)c3)n2)cc1. The number of aromatic nitrogens is 5. The van der Waals surface area contributed by atoms with Crippen molar-refractivity contribution in [3.05, 3.63) is 152 Å². The van der Waals surface area contributed by atoms with Crippen molar-refractivity contribution < 1.29 is 0 Å². The molecule has 0 radical (unpaired) electrons. The zero-order valence-electron chi connectivity index (χ0n) is 26.2. The van der Waals surface area contributed by atoms with E-state index in [1.807, 2.05) is 72.9 Å². The molecule has 0 saturated heterocycles. The molecule has 1 aliphatic rings. The van der Waals surface area contributed by atoms with E-state index in [4.69, 9.17) is 19.9 Å². The Kier molecular flexibility index (Phi) is 5.32. The van der Waals surface area contributed by atoms with Gasteiger partial charge in [0.15, 0.2) is 17.5 Å². The molecule has 3 heterocycles. The smallest absolute Gasteiger partial charge is 0.164 e. The number of fused-ring (bicyclic) bond motifs is 1. The standard InChI is InChI=1S/C44H25N5/c1-3-9-29(10-4-1)42-46-43(30-11-5-2-6-12-30)48-44(47-42)31-23-24-45-36(25-31)49-34-16-8-15-33-32-14-7-13-26-17-18-27-19-20-28-21-22-35(49)41(40(33)34)39(28)38(27)37(26)32/h1-25H. The van der Waals surface area contributed by atoms with Crippen molar-refractivity contribution in [2.45, 2.75) is 0 Å². The minimum Gasteiger partial charge on any atom is -0.294 e. The van der Waals surface area contributed by atoms with E-state index in [0.29, 0.717) is 17.5 Å². The van der Waals surface area contributed by atoms with Gasteiger partial charge < -0.3 is 0 Å². The molecule has 0 amide bonds. The van der Waals surface area contributed by atoms with Crippen LogP contribution >= 0.6 is 0 Å². The molecule has 0 aliphatic heterocycles. The molecule has 5 heteroatoms. The Balaban J connectivity index is 1.20. The summed E-state index contributed by atoms with van der Waals surface area (Å²) >= 11 is 0. The summed E-state index contributed by atoms with van der Waals surface area (Å²) in [6.45, 7) is 0. The molecule has 11 rings (SSSR count). The lowest BCUT2D eigenvalue weighted by Crippen LogP contribution is -2.02. The van der Waals surface area contributed by atoms with E-state index in [0.717, 1.165) is 33.5 Å². The fourth-order valence-corrected chi connectivity index (χ4v) is 7.87. The lowest BCUT2D eigenvalue weighted by Gasteiger charge is -2.13. The van der Waals surface area contributed by atoms with Crippen molar-refractivity contribution in [1.29, 1.82) is 0 Å². The van der Waals surface area contributed by atoms with Gasteiger partial charge in [-0.15, -0.1) is 0 Å². The largest absolute Gasteiger partial charge is 0.294 e. The monoisotopic (exact) mass is 623 g/mol. The van der Waals surface area contributed by atoms with Crippen LogP contribution in [0.3, 0.4) is 0 Å². The number of rotatable bonds is 4. The summed E-state index contributed by atoms with van der Waals surface area (Å²) in [5.41, 5.74) is 7.52. The van der Waals surface area contributed by atoms with E-state index >= 15 is 0 Å². The topological polar surface area (TPSA) is 56.5 Å². The maximum absolute atomic E-state index is 5.01. The van der Waals surface area contributed by atoms with E-state index < -0.39 is 0 Å². The Morgan fingerprint density at radius 1 is 0.367 bits per heavy atom. The number of pyridine rings is 1. The van der Waals surface area contributed by atoms with E-state index in [9.17, 15) is 0 Å². The van der Waals surface area contributed by atoms with Gasteiger partial charge in [-0.05, 0) is 62.3 Å². The normalized spacial score (nSPS) is 12.1. The summed E-state index contributed by atoms with van der Waals surface area (Å²) in [6.07, 6.45) is 1.86. The predicted octanol–water partition coefficient (Wildman–Crippen LogP) is 10.8. The summed E-state index contributed by atoms with van der Waals surface area (Å²) in [5.74, 6) is 2.69. The zero-order chi connectivity index (χ0) is 32.1. The molecule has 0 bridgehead atoms. The zero-order valence-corrected chi connectivity index (χ0v) is 26.2. The molecule has 0 unspecified atom stereocenters. The van der Waals surface area contributed by atoms with Gasteiger partial charge >= 0.3 is 0 Å². The third-order valence-corrected chi connectivity index (χ3v) is 9.98. The fraction of sp³-hybridized carbons (Fsp3) is 0. The predicted molar refractivity (Wildman–Crippen MR) is 200 cm³/mol. The molecular weight excluding hydrogens is 599 g/mol. The third-order valence-electron chi connectivity index (χ3n) is 9.98. The van der Waals surface area contributed by atoms with Crippen molar-refractivity contribution in [2.75, 3.05) is 0 Å². The molecule has 0 fully saturated rings. The van der Waals surface area contributed by atoms with Crippen LogP contribution in [0.5, 0.6) is 0 Å². The Hall–Kier alpha value is -6.72. The molecular formula is C44H25N5. The van der Waals surface area contributed by atoms with Crippen LogP contribution in [0.25, 0.3) is 105 Å². The first kappa shape index (κ1) is 26.4. The van der Waals surface area contributed by atoms with Gasteiger partial charge in [-0.25, -0.2) is 19.9 Å². The van der Waals surface area contributed by atoms with Crippen LogP contribution in [-0.4, -0.2) is 24.5 Å². The first-order valence-corrected chi connectivity index (χ1v) is 16.5. The number of hydrogen-bond acceptors (Lipinski definition) is 4. The molecule has 226 valence electrons. The van der Waals surface area contributed by atoms with E-state index in [2.05, 4.69) is 83.4 Å². The molecule has 0 N–H and O–H groups in total. The van der Waals surface area contributed by atoms with Crippen LogP contribution in [0.1, 0.15) is 0 Å². The van der Waals surface area contributed by atoms with Gasteiger partial charge in [0.1, 0.15) is 5.82 Å². The molecule has 5 nitrogen and oxygen atoms in total. The molecule has 0 atom stereocenters. The van der Waals surface area contributed by atoms with E-state index in [1.165, 1.54) is 54.2 Å². The average Bonchev–Trinajstić information content (AvgIpc) is 3.45. The lowest BCUT2D eigenvalue weighted by atomic mass is 9.93. The van der Waals surface area contributed by atoms with Crippen molar-refractivity contribution in [3.8, 4) is 51.1 Å². The molecule has 10 aromatic rings. The van der Waals surface area contributed by atoms with Crippen molar-refractivity contribution in [1.82, 2.24) is 24.5 Å². The summed E-state index contributed by atoms with van der Waals surface area (Å²) in [4.78, 5) is 19.9. The number of hydrogen-bond donors (Lipinski definition) is 0. The Bertz CT molecular complexity index is 2920. The molecule has 1 aliphatic carbocycles. The summed E-state index contributed by atoms with van der Waals surface area (Å²) in [7, 11) is 0. The van der Waals surface area contributed by atoms with Gasteiger partial charge in [0.2, 0.25) is 0 Å². The molecule has 3 aromatic heterocycles. The Morgan fingerprint density at radius 2 is 0.898 bits per heavy atom. The summed E-state index contributed by atoms with van der Waals surface area (Å²) < 4.78 is 2.31. The van der Waals surface area contributed by atoms with Crippen LogP contribution < -0.4 is 0 Å².